The third-order valence-electron chi connectivity index (χ3n) is 3.47. The lowest BCUT2D eigenvalue weighted by molar-refractivity contribution is 0.751. The van der Waals surface area contributed by atoms with Crippen molar-refractivity contribution in [1.82, 2.24) is 9.97 Å². The highest BCUT2D eigenvalue weighted by Gasteiger charge is 2.23. The van der Waals surface area contributed by atoms with Gasteiger partial charge in [0, 0.05) is 24.0 Å². The van der Waals surface area contributed by atoms with Gasteiger partial charge in [-0.15, -0.1) is 11.3 Å². The van der Waals surface area contributed by atoms with E-state index in [9.17, 15) is 0 Å². The van der Waals surface area contributed by atoms with Crippen molar-refractivity contribution < 1.29 is 0 Å². The minimum atomic E-state index is 0.278. The van der Waals surface area contributed by atoms with E-state index in [1.165, 1.54) is 15.8 Å². The zero-order valence-electron chi connectivity index (χ0n) is 10.1. The Morgan fingerprint density at radius 1 is 1.41 bits per heavy atom. The first-order chi connectivity index (χ1) is 8.16. The van der Waals surface area contributed by atoms with Crippen LogP contribution in [-0.2, 0) is 0 Å². The molecule has 17 heavy (non-hydrogen) atoms. The van der Waals surface area contributed by atoms with Crippen LogP contribution in [0.25, 0.3) is 10.2 Å². The van der Waals surface area contributed by atoms with Crippen LogP contribution in [0.5, 0.6) is 0 Å². The first-order valence-corrected chi connectivity index (χ1v) is 6.69. The van der Waals surface area contributed by atoms with E-state index in [1.807, 2.05) is 0 Å². The molecule has 3 rings (SSSR count). The Hall–Kier alpha value is -1.20. The predicted molar refractivity (Wildman–Crippen MR) is 71.7 cm³/mol. The molecule has 3 heterocycles. The molecule has 0 aromatic carbocycles. The third-order valence-corrected chi connectivity index (χ3v) is 4.58. The third kappa shape index (κ3) is 1.70. The maximum absolute atomic E-state index is 5.97. The van der Waals surface area contributed by atoms with Gasteiger partial charge < -0.3 is 10.6 Å². The van der Waals surface area contributed by atoms with Crippen molar-refractivity contribution in [2.45, 2.75) is 26.3 Å². The second kappa shape index (κ2) is 3.92. The summed E-state index contributed by atoms with van der Waals surface area (Å²) in [5.41, 5.74) is 7.27. The van der Waals surface area contributed by atoms with Crippen molar-refractivity contribution in [3.05, 3.63) is 16.8 Å². The Kier molecular flexibility index (Phi) is 2.52. The molecule has 0 spiro atoms. The van der Waals surface area contributed by atoms with Gasteiger partial charge in [-0.1, -0.05) is 0 Å². The highest BCUT2D eigenvalue weighted by molar-refractivity contribution is 7.18. The zero-order valence-corrected chi connectivity index (χ0v) is 10.9. The highest BCUT2D eigenvalue weighted by Crippen LogP contribution is 2.35. The minimum Gasteiger partial charge on any atom is -0.354 e. The molecule has 4 nitrogen and oxygen atoms in total. The number of nitrogens with zero attached hydrogens (tertiary/aromatic N) is 3. The van der Waals surface area contributed by atoms with Gasteiger partial charge in [0.15, 0.2) is 0 Å². The standard InChI is InChI=1S/C12H16N4S/c1-7-8(2)17-12-10(7)11(14-6-15-12)16-4-3-9(13)5-16/h6,9H,3-5,13H2,1-2H3. The molecule has 0 saturated carbocycles. The lowest BCUT2D eigenvalue weighted by atomic mass is 10.2. The number of fused-ring (bicyclic) bond motifs is 1. The van der Waals surface area contributed by atoms with Gasteiger partial charge >= 0.3 is 0 Å². The quantitative estimate of drug-likeness (QED) is 0.836. The molecule has 2 aromatic heterocycles. The topological polar surface area (TPSA) is 55.0 Å². The lowest BCUT2D eigenvalue weighted by Gasteiger charge is -2.17. The number of aryl methyl sites for hydroxylation is 2. The molecule has 0 radical (unpaired) electrons. The summed E-state index contributed by atoms with van der Waals surface area (Å²) in [6.45, 7) is 6.19. The maximum atomic E-state index is 5.97. The molecular weight excluding hydrogens is 232 g/mol. The Balaban J connectivity index is 2.16. The fraction of sp³-hybridized carbons (Fsp3) is 0.500. The normalized spacial score (nSPS) is 20.4. The zero-order chi connectivity index (χ0) is 12.0. The summed E-state index contributed by atoms with van der Waals surface area (Å²) >= 11 is 1.74. The van der Waals surface area contributed by atoms with Crippen molar-refractivity contribution in [3.8, 4) is 0 Å². The van der Waals surface area contributed by atoms with Crippen LogP contribution < -0.4 is 10.6 Å². The number of anilines is 1. The summed E-state index contributed by atoms with van der Waals surface area (Å²) in [5, 5.41) is 1.21. The molecule has 0 bridgehead atoms. The fourth-order valence-electron chi connectivity index (χ4n) is 2.38. The second-order valence-electron chi connectivity index (χ2n) is 4.66. The lowest BCUT2D eigenvalue weighted by Crippen LogP contribution is -2.27. The van der Waals surface area contributed by atoms with E-state index in [-0.39, 0.29) is 6.04 Å². The number of aromatic nitrogens is 2. The first kappa shape index (κ1) is 10.9. The van der Waals surface area contributed by atoms with E-state index < -0.39 is 0 Å². The Morgan fingerprint density at radius 3 is 2.94 bits per heavy atom. The SMILES string of the molecule is Cc1sc2ncnc(N3CCC(N)C3)c2c1C. The molecule has 1 fully saturated rings. The molecule has 1 atom stereocenters. The van der Waals surface area contributed by atoms with Crippen LogP contribution in [0, 0.1) is 13.8 Å². The number of hydrogen-bond donors (Lipinski definition) is 1. The van der Waals surface area contributed by atoms with E-state index in [4.69, 9.17) is 5.73 Å². The van der Waals surface area contributed by atoms with E-state index in [0.717, 1.165) is 30.2 Å². The predicted octanol–water partition coefficient (Wildman–Crippen LogP) is 1.85. The van der Waals surface area contributed by atoms with Gasteiger partial charge in [-0.05, 0) is 25.8 Å². The van der Waals surface area contributed by atoms with Gasteiger partial charge in [0.05, 0.1) is 5.39 Å². The van der Waals surface area contributed by atoms with Crippen molar-refractivity contribution >= 4 is 27.4 Å². The summed E-state index contributed by atoms with van der Waals surface area (Å²) in [4.78, 5) is 13.5. The highest BCUT2D eigenvalue weighted by atomic mass is 32.1. The van der Waals surface area contributed by atoms with Gasteiger partial charge in [0.2, 0.25) is 0 Å². The van der Waals surface area contributed by atoms with Gasteiger partial charge in [-0.25, -0.2) is 9.97 Å². The molecule has 2 N–H and O–H groups in total. The Morgan fingerprint density at radius 2 is 2.24 bits per heavy atom. The molecular formula is C12H16N4S. The average molecular weight is 248 g/mol. The minimum absolute atomic E-state index is 0.278. The molecule has 0 amide bonds. The smallest absolute Gasteiger partial charge is 0.141 e. The summed E-state index contributed by atoms with van der Waals surface area (Å²) in [7, 11) is 0. The molecule has 5 heteroatoms. The molecule has 1 aliphatic heterocycles. The van der Waals surface area contributed by atoms with E-state index in [0.29, 0.717) is 0 Å². The summed E-state index contributed by atoms with van der Waals surface area (Å²) in [6, 6.07) is 0.278. The van der Waals surface area contributed by atoms with E-state index in [2.05, 4.69) is 28.7 Å². The van der Waals surface area contributed by atoms with Crippen LogP contribution in [0.1, 0.15) is 16.9 Å². The molecule has 2 aromatic rings. The van der Waals surface area contributed by atoms with Gasteiger partial charge in [0.1, 0.15) is 17.0 Å². The Labute approximate surface area is 104 Å². The van der Waals surface area contributed by atoms with Gasteiger partial charge in [0.25, 0.3) is 0 Å². The molecule has 1 saturated heterocycles. The van der Waals surface area contributed by atoms with Crippen molar-refractivity contribution in [2.75, 3.05) is 18.0 Å². The molecule has 0 aliphatic carbocycles. The van der Waals surface area contributed by atoms with E-state index in [1.54, 1.807) is 17.7 Å². The van der Waals surface area contributed by atoms with Crippen molar-refractivity contribution in [2.24, 2.45) is 5.73 Å². The number of thiophene rings is 1. The van der Waals surface area contributed by atoms with Crippen LogP contribution in [0.15, 0.2) is 6.33 Å². The molecule has 1 aliphatic rings. The van der Waals surface area contributed by atoms with E-state index >= 15 is 0 Å². The largest absolute Gasteiger partial charge is 0.354 e. The summed E-state index contributed by atoms with van der Waals surface area (Å²) < 4.78 is 0. The van der Waals surface area contributed by atoms with Crippen LogP contribution in [-0.4, -0.2) is 29.1 Å². The van der Waals surface area contributed by atoms with Crippen LogP contribution >= 0.6 is 11.3 Å². The monoisotopic (exact) mass is 248 g/mol. The van der Waals surface area contributed by atoms with Crippen LogP contribution in [0.3, 0.4) is 0 Å². The van der Waals surface area contributed by atoms with Crippen molar-refractivity contribution in [1.29, 1.82) is 0 Å². The molecule has 1 unspecified atom stereocenters. The Bertz CT molecular complexity index is 563. The second-order valence-corrected chi connectivity index (χ2v) is 5.86. The first-order valence-electron chi connectivity index (χ1n) is 5.88. The average Bonchev–Trinajstić information content (AvgIpc) is 2.85. The molecule has 90 valence electrons. The number of rotatable bonds is 1. The maximum Gasteiger partial charge on any atom is 0.141 e. The summed E-state index contributed by atoms with van der Waals surface area (Å²) in [6.07, 6.45) is 2.71. The van der Waals surface area contributed by atoms with Gasteiger partial charge in [-0.3, -0.25) is 0 Å². The van der Waals surface area contributed by atoms with Crippen LogP contribution in [0.4, 0.5) is 5.82 Å². The fourth-order valence-corrected chi connectivity index (χ4v) is 3.37. The van der Waals surface area contributed by atoms with Crippen molar-refractivity contribution in [3.63, 3.8) is 0 Å². The number of nitrogens with two attached hydrogens (primary N) is 1. The number of hydrogen-bond acceptors (Lipinski definition) is 5. The van der Waals surface area contributed by atoms with Gasteiger partial charge in [-0.2, -0.15) is 0 Å². The summed E-state index contributed by atoms with van der Waals surface area (Å²) in [5.74, 6) is 1.06. The van der Waals surface area contributed by atoms with Crippen LogP contribution in [0.2, 0.25) is 0 Å².